The van der Waals surface area contributed by atoms with Gasteiger partial charge in [0, 0.05) is 11.8 Å². The zero-order valence-electron chi connectivity index (χ0n) is 9.92. The highest BCUT2D eigenvalue weighted by atomic mass is 16.3. The number of ketones is 1. The minimum atomic E-state index is -0.201. The summed E-state index contributed by atoms with van der Waals surface area (Å²) in [5.74, 6) is -0.235. The van der Waals surface area contributed by atoms with Crippen molar-refractivity contribution in [3.63, 3.8) is 0 Å². The molecule has 1 aromatic heterocycles. The number of aromatic amines is 1. The van der Waals surface area contributed by atoms with Gasteiger partial charge < -0.3 is 15.2 Å². The second-order valence-electron chi connectivity index (χ2n) is 4.25. The van der Waals surface area contributed by atoms with Gasteiger partial charge in [-0.05, 0) is 12.1 Å². The normalized spacial score (nSPS) is 10.7. The van der Waals surface area contributed by atoms with Gasteiger partial charge in [0.2, 0.25) is 0 Å². The fourth-order valence-corrected chi connectivity index (χ4v) is 2.14. The lowest BCUT2D eigenvalue weighted by Gasteiger charge is -2.02. The Labute approximate surface area is 108 Å². The van der Waals surface area contributed by atoms with Crippen LogP contribution in [0.1, 0.15) is 15.9 Å². The highest BCUT2D eigenvalue weighted by molar-refractivity contribution is 6.18. The van der Waals surface area contributed by atoms with E-state index in [9.17, 15) is 15.0 Å². The van der Waals surface area contributed by atoms with E-state index in [0.29, 0.717) is 22.0 Å². The van der Waals surface area contributed by atoms with Crippen molar-refractivity contribution in [1.29, 1.82) is 0 Å². The predicted molar refractivity (Wildman–Crippen MR) is 71.5 cm³/mol. The van der Waals surface area contributed by atoms with Crippen LogP contribution in [0, 0.1) is 0 Å². The lowest BCUT2D eigenvalue weighted by Crippen LogP contribution is -1.99. The van der Waals surface area contributed by atoms with Crippen LogP contribution in [0.25, 0.3) is 10.9 Å². The SMILES string of the molecule is O=C(c1ccccc1)c1c[nH]c2c(O)ccc(O)c12. The van der Waals surface area contributed by atoms with E-state index in [2.05, 4.69) is 4.98 Å². The van der Waals surface area contributed by atoms with Gasteiger partial charge in [0.25, 0.3) is 0 Å². The highest BCUT2D eigenvalue weighted by Crippen LogP contribution is 2.34. The number of hydrogen-bond acceptors (Lipinski definition) is 3. The van der Waals surface area contributed by atoms with Gasteiger partial charge in [0.1, 0.15) is 11.5 Å². The van der Waals surface area contributed by atoms with Crippen molar-refractivity contribution < 1.29 is 15.0 Å². The summed E-state index contributed by atoms with van der Waals surface area (Å²) in [5, 5.41) is 19.9. The molecule has 3 N–H and O–H groups in total. The first-order chi connectivity index (χ1) is 9.18. The number of fused-ring (bicyclic) bond motifs is 1. The maximum atomic E-state index is 12.4. The molecule has 0 unspecified atom stereocenters. The molecule has 0 fully saturated rings. The Morgan fingerprint density at radius 3 is 2.37 bits per heavy atom. The molecule has 2 aromatic carbocycles. The van der Waals surface area contributed by atoms with Crippen molar-refractivity contribution >= 4 is 16.7 Å². The van der Waals surface area contributed by atoms with E-state index in [0.717, 1.165) is 0 Å². The van der Waals surface area contributed by atoms with E-state index in [1.54, 1.807) is 24.3 Å². The smallest absolute Gasteiger partial charge is 0.195 e. The number of phenolic OH excluding ortho intramolecular Hbond substituents is 2. The van der Waals surface area contributed by atoms with Gasteiger partial charge in [-0.1, -0.05) is 30.3 Å². The van der Waals surface area contributed by atoms with Crippen molar-refractivity contribution in [1.82, 2.24) is 4.98 Å². The fraction of sp³-hybridized carbons (Fsp3) is 0. The molecule has 94 valence electrons. The van der Waals surface area contributed by atoms with E-state index >= 15 is 0 Å². The molecule has 3 aromatic rings. The Balaban J connectivity index is 2.22. The summed E-state index contributed by atoms with van der Waals surface area (Å²) in [6, 6.07) is 11.5. The van der Waals surface area contributed by atoms with Gasteiger partial charge in [0.05, 0.1) is 16.5 Å². The lowest BCUT2D eigenvalue weighted by molar-refractivity contribution is 0.104. The van der Waals surface area contributed by atoms with Crippen LogP contribution in [-0.2, 0) is 0 Å². The molecule has 0 aliphatic heterocycles. The largest absolute Gasteiger partial charge is 0.507 e. The monoisotopic (exact) mass is 253 g/mol. The standard InChI is InChI=1S/C15H11NO3/c17-11-6-7-12(18)14-13(11)10(8-16-14)15(19)9-4-2-1-3-5-9/h1-8,16-18H. The van der Waals surface area contributed by atoms with Crippen LogP contribution in [0.5, 0.6) is 11.5 Å². The third-order valence-electron chi connectivity index (χ3n) is 3.07. The third-order valence-corrected chi connectivity index (χ3v) is 3.07. The summed E-state index contributed by atoms with van der Waals surface area (Å²) in [6.45, 7) is 0. The summed E-state index contributed by atoms with van der Waals surface area (Å²) in [5.41, 5.74) is 1.24. The molecule has 3 rings (SSSR count). The van der Waals surface area contributed by atoms with Gasteiger partial charge in [-0.3, -0.25) is 4.79 Å². The summed E-state index contributed by atoms with van der Waals surface area (Å²) in [6.07, 6.45) is 1.50. The summed E-state index contributed by atoms with van der Waals surface area (Å²) in [4.78, 5) is 15.2. The Morgan fingerprint density at radius 2 is 1.63 bits per heavy atom. The number of H-pyrrole nitrogens is 1. The first kappa shape index (κ1) is 11.3. The van der Waals surface area contributed by atoms with Gasteiger partial charge in [-0.25, -0.2) is 0 Å². The lowest BCUT2D eigenvalue weighted by atomic mass is 10.0. The predicted octanol–water partition coefficient (Wildman–Crippen LogP) is 2.81. The first-order valence-electron chi connectivity index (χ1n) is 5.80. The number of rotatable bonds is 2. The first-order valence-corrected chi connectivity index (χ1v) is 5.80. The molecule has 0 radical (unpaired) electrons. The van der Waals surface area contributed by atoms with Crippen LogP contribution in [0.4, 0.5) is 0 Å². The molecule has 19 heavy (non-hydrogen) atoms. The molecule has 0 amide bonds. The Bertz CT molecular complexity index is 760. The van der Waals surface area contributed by atoms with E-state index in [4.69, 9.17) is 0 Å². The molecule has 0 atom stereocenters. The topological polar surface area (TPSA) is 73.3 Å². The Hall–Kier alpha value is -2.75. The molecule has 0 saturated carbocycles. The maximum absolute atomic E-state index is 12.4. The molecule has 0 saturated heterocycles. The van der Waals surface area contributed by atoms with E-state index in [1.807, 2.05) is 6.07 Å². The van der Waals surface area contributed by atoms with Crippen LogP contribution in [0.15, 0.2) is 48.7 Å². The number of hydrogen-bond donors (Lipinski definition) is 3. The van der Waals surface area contributed by atoms with E-state index in [1.165, 1.54) is 18.3 Å². The summed E-state index contributed by atoms with van der Waals surface area (Å²) < 4.78 is 0. The molecule has 0 aliphatic carbocycles. The number of benzene rings is 2. The Morgan fingerprint density at radius 1 is 0.947 bits per heavy atom. The van der Waals surface area contributed by atoms with Crippen molar-refractivity contribution in [3.05, 3.63) is 59.8 Å². The second-order valence-corrected chi connectivity index (χ2v) is 4.25. The van der Waals surface area contributed by atoms with Crippen LogP contribution in [0.3, 0.4) is 0 Å². The van der Waals surface area contributed by atoms with Crippen LogP contribution in [0.2, 0.25) is 0 Å². The quantitative estimate of drug-likeness (QED) is 0.485. The van der Waals surface area contributed by atoms with Crippen molar-refractivity contribution in [2.24, 2.45) is 0 Å². The molecule has 0 aliphatic rings. The maximum Gasteiger partial charge on any atom is 0.195 e. The van der Waals surface area contributed by atoms with Crippen LogP contribution in [-0.4, -0.2) is 21.0 Å². The third kappa shape index (κ3) is 1.74. The van der Waals surface area contributed by atoms with E-state index in [-0.39, 0.29) is 17.3 Å². The van der Waals surface area contributed by atoms with Crippen LogP contribution >= 0.6 is 0 Å². The van der Waals surface area contributed by atoms with Crippen molar-refractivity contribution in [3.8, 4) is 11.5 Å². The Kier molecular flexibility index (Phi) is 2.49. The van der Waals surface area contributed by atoms with Crippen LogP contribution < -0.4 is 0 Å². The number of phenols is 2. The van der Waals surface area contributed by atoms with Crippen molar-refractivity contribution in [2.45, 2.75) is 0 Å². The molecule has 1 heterocycles. The van der Waals surface area contributed by atoms with Crippen molar-refractivity contribution in [2.75, 3.05) is 0 Å². The molecule has 4 nitrogen and oxygen atoms in total. The second kappa shape index (κ2) is 4.17. The molecule has 0 spiro atoms. The van der Waals surface area contributed by atoms with Gasteiger partial charge in [0.15, 0.2) is 5.78 Å². The van der Waals surface area contributed by atoms with Gasteiger partial charge in [-0.15, -0.1) is 0 Å². The number of aromatic hydroxyl groups is 2. The number of carbonyl (C=O) groups is 1. The minimum Gasteiger partial charge on any atom is -0.507 e. The molecular formula is C15H11NO3. The average Bonchev–Trinajstić information content (AvgIpc) is 2.89. The number of aromatic nitrogens is 1. The molecule has 0 bridgehead atoms. The van der Waals surface area contributed by atoms with E-state index < -0.39 is 0 Å². The molecule has 4 heteroatoms. The highest BCUT2D eigenvalue weighted by Gasteiger charge is 2.18. The zero-order valence-corrected chi connectivity index (χ0v) is 9.92. The number of carbonyl (C=O) groups excluding carboxylic acids is 1. The molecular weight excluding hydrogens is 242 g/mol. The van der Waals surface area contributed by atoms with Gasteiger partial charge >= 0.3 is 0 Å². The zero-order chi connectivity index (χ0) is 13.4. The number of nitrogens with one attached hydrogen (secondary N) is 1. The van der Waals surface area contributed by atoms with Gasteiger partial charge in [-0.2, -0.15) is 0 Å². The summed E-state index contributed by atoms with van der Waals surface area (Å²) in [7, 11) is 0. The summed E-state index contributed by atoms with van der Waals surface area (Å²) >= 11 is 0. The fourth-order valence-electron chi connectivity index (χ4n) is 2.14. The minimum absolute atomic E-state index is 0.0000818. The average molecular weight is 253 g/mol.